The highest BCUT2D eigenvalue weighted by molar-refractivity contribution is 6.31. The van der Waals surface area contributed by atoms with E-state index in [-0.39, 0.29) is 5.97 Å². The fourth-order valence-electron chi connectivity index (χ4n) is 2.68. The third kappa shape index (κ3) is 2.15. The second-order valence-electron chi connectivity index (χ2n) is 5.05. The molecule has 4 nitrogen and oxygen atoms in total. The Morgan fingerprint density at radius 2 is 2.25 bits per heavy atom. The van der Waals surface area contributed by atoms with Crippen molar-refractivity contribution in [1.29, 1.82) is 0 Å². The van der Waals surface area contributed by atoms with Crippen LogP contribution in [0.5, 0.6) is 0 Å². The van der Waals surface area contributed by atoms with Crippen LogP contribution in [-0.4, -0.2) is 36.6 Å². The molecule has 20 heavy (non-hydrogen) atoms. The number of rotatable bonds is 1. The molecule has 1 aromatic carbocycles. The molecule has 0 saturated carbocycles. The van der Waals surface area contributed by atoms with Crippen molar-refractivity contribution in [2.24, 2.45) is 0 Å². The summed E-state index contributed by atoms with van der Waals surface area (Å²) in [4.78, 5) is 19.1. The second-order valence-corrected chi connectivity index (χ2v) is 5.49. The van der Waals surface area contributed by atoms with E-state index in [1.165, 1.54) is 7.11 Å². The number of likely N-dealkylation sites (N-methyl/N-ethyl adjacent to an activating group) is 1. The molecule has 1 aliphatic rings. The molecular formula is C15H15ClN2O2. The molecule has 0 spiro atoms. The first kappa shape index (κ1) is 13.3. The lowest BCUT2D eigenvalue weighted by Crippen LogP contribution is -2.29. The Morgan fingerprint density at radius 3 is 3.00 bits per heavy atom. The first-order valence-corrected chi connectivity index (χ1v) is 6.86. The molecule has 5 heteroatoms. The normalized spacial score (nSPS) is 15.2. The smallest absolute Gasteiger partial charge is 0.338 e. The summed E-state index contributed by atoms with van der Waals surface area (Å²) in [6.07, 6.45) is 0.842. The summed E-state index contributed by atoms with van der Waals surface area (Å²) < 4.78 is 4.96. The summed E-state index contributed by atoms with van der Waals surface area (Å²) in [6, 6.07) is 5.42. The molecule has 1 aliphatic heterocycles. The zero-order valence-corrected chi connectivity index (χ0v) is 12.2. The fourth-order valence-corrected chi connectivity index (χ4v) is 2.86. The zero-order chi connectivity index (χ0) is 14.3. The number of nitrogens with zero attached hydrogens (tertiary/aromatic N) is 2. The van der Waals surface area contributed by atoms with Crippen LogP contribution in [0.15, 0.2) is 18.2 Å². The molecule has 0 unspecified atom stereocenters. The second kappa shape index (κ2) is 5.04. The molecule has 2 heterocycles. The van der Waals surface area contributed by atoms with Crippen molar-refractivity contribution < 1.29 is 9.53 Å². The van der Waals surface area contributed by atoms with Crippen LogP contribution in [0.1, 0.15) is 21.6 Å². The van der Waals surface area contributed by atoms with Crippen LogP contribution in [0.4, 0.5) is 0 Å². The minimum atomic E-state index is -0.328. The van der Waals surface area contributed by atoms with Crippen LogP contribution in [-0.2, 0) is 17.7 Å². The van der Waals surface area contributed by atoms with Crippen molar-refractivity contribution in [2.75, 3.05) is 20.7 Å². The van der Waals surface area contributed by atoms with Gasteiger partial charge in [-0.2, -0.15) is 0 Å². The molecule has 0 amide bonds. The Hall–Kier alpha value is -1.65. The van der Waals surface area contributed by atoms with Crippen LogP contribution in [0.25, 0.3) is 10.9 Å². The van der Waals surface area contributed by atoms with E-state index in [0.717, 1.165) is 35.1 Å². The average Bonchev–Trinajstić information content (AvgIpc) is 2.44. The highest BCUT2D eigenvalue weighted by atomic mass is 35.5. The number of hydrogen-bond donors (Lipinski definition) is 0. The number of methoxy groups -OCH3 is 1. The molecule has 0 N–H and O–H groups in total. The molecule has 1 aromatic heterocycles. The van der Waals surface area contributed by atoms with E-state index in [1.807, 2.05) is 13.1 Å². The van der Waals surface area contributed by atoms with Crippen LogP contribution < -0.4 is 0 Å². The van der Waals surface area contributed by atoms with Gasteiger partial charge in [0.05, 0.1) is 18.2 Å². The van der Waals surface area contributed by atoms with Gasteiger partial charge in [0, 0.05) is 41.2 Å². The van der Waals surface area contributed by atoms with Crippen LogP contribution in [0.3, 0.4) is 0 Å². The number of esters is 1. The van der Waals surface area contributed by atoms with Gasteiger partial charge in [0.2, 0.25) is 0 Å². The third-order valence-electron chi connectivity index (χ3n) is 3.68. The number of pyridine rings is 1. The Balaban J connectivity index is 2.35. The summed E-state index contributed by atoms with van der Waals surface area (Å²) >= 11 is 6.06. The number of ether oxygens (including phenoxy) is 1. The Kier molecular flexibility index (Phi) is 3.36. The Morgan fingerprint density at radius 1 is 1.45 bits per heavy atom. The molecule has 0 aliphatic carbocycles. The number of aromatic nitrogens is 1. The van der Waals surface area contributed by atoms with E-state index < -0.39 is 0 Å². The first-order chi connectivity index (χ1) is 9.60. The minimum Gasteiger partial charge on any atom is -0.465 e. The molecule has 3 rings (SSSR count). The molecule has 0 saturated heterocycles. The molecule has 0 radical (unpaired) electrons. The number of halogens is 1. The predicted octanol–water partition coefficient (Wildman–Crippen LogP) is 2.66. The highest BCUT2D eigenvalue weighted by Crippen LogP contribution is 2.29. The Bertz CT molecular complexity index is 700. The van der Waals surface area contributed by atoms with Gasteiger partial charge in [-0.05, 0) is 25.2 Å². The van der Waals surface area contributed by atoms with E-state index >= 15 is 0 Å². The lowest BCUT2D eigenvalue weighted by atomic mass is 9.96. The van der Waals surface area contributed by atoms with Gasteiger partial charge in [-0.15, -0.1) is 0 Å². The van der Waals surface area contributed by atoms with E-state index in [9.17, 15) is 4.79 Å². The van der Waals surface area contributed by atoms with Gasteiger partial charge in [0.25, 0.3) is 0 Å². The maximum absolute atomic E-state index is 12.2. The summed E-state index contributed by atoms with van der Waals surface area (Å²) in [7, 11) is 3.43. The van der Waals surface area contributed by atoms with Crippen molar-refractivity contribution >= 4 is 28.5 Å². The van der Waals surface area contributed by atoms with Crippen molar-refractivity contribution in [3.63, 3.8) is 0 Å². The van der Waals surface area contributed by atoms with Crippen molar-refractivity contribution in [3.8, 4) is 0 Å². The maximum atomic E-state index is 12.2. The number of benzene rings is 1. The SMILES string of the molecule is COC(=O)c1c2c(nc3ccc(Cl)cc13)CCN(C)C2. The number of hydrogen-bond acceptors (Lipinski definition) is 4. The number of fused-ring (bicyclic) bond motifs is 2. The van der Waals surface area contributed by atoms with E-state index in [1.54, 1.807) is 12.1 Å². The lowest BCUT2D eigenvalue weighted by molar-refractivity contribution is 0.0600. The molecule has 0 atom stereocenters. The topological polar surface area (TPSA) is 42.4 Å². The number of carbonyl (C=O) groups excluding carboxylic acids is 1. The van der Waals surface area contributed by atoms with Crippen LogP contribution in [0, 0.1) is 0 Å². The van der Waals surface area contributed by atoms with Gasteiger partial charge in [-0.25, -0.2) is 4.79 Å². The van der Waals surface area contributed by atoms with Crippen molar-refractivity contribution in [2.45, 2.75) is 13.0 Å². The van der Waals surface area contributed by atoms with Gasteiger partial charge >= 0.3 is 5.97 Å². The average molecular weight is 291 g/mol. The summed E-state index contributed by atoms with van der Waals surface area (Å²) in [5.74, 6) is -0.328. The quantitative estimate of drug-likeness (QED) is 0.757. The van der Waals surface area contributed by atoms with Gasteiger partial charge in [-0.3, -0.25) is 4.98 Å². The largest absolute Gasteiger partial charge is 0.465 e. The van der Waals surface area contributed by atoms with Gasteiger partial charge in [0.15, 0.2) is 0 Å². The van der Waals surface area contributed by atoms with E-state index in [4.69, 9.17) is 16.3 Å². The molecular weight excluding hydrogens is 276 g/mol. The molecule has 104 valence electrons. The standard InChI is InChI=1S/C15H15ClN2O2/c1-18-6-5-13-11(8-18)14(15(19)20-2)10-7-9(16)3-4-12(10)17-13/h3-4,7H,5-6,8H2,1-2H3. The van der Waals surface area contributed by atoms with E-state index in [2.05, 4.69) is 9.88 Å². The Labute approximate surface area is 122 Å². The van der Waals surface area contributed by atoms with Crippen LogP contribution >= 0.6 is 11.6 Å². The van der Waals surface area contributed by atoms with Crippen molar-refractivity contribution in [1.82, 2.24) is 9.88 Å². The number of carbonyl (C=O) groups is 1. The van der Waals surface area contributed by atoms with Gasteiger partial charge in [0.1, 0.15) is 0 Å². The van der Waals surface area contributed by atoms with Gasteiger partial charge in [-0.1, -0.05) is 11.6 Å². The maximum Gasteiger partial charge on any atom is 0.338 e. The summed E-state index contributed by atoms with van der Waals surface area (Å²) in [6.45, 7) is 1.65. The molecule has 0 fully saturated rings. The third-order valence-corrected chi connectivity index (χ3v) is 3.92. The van der Waals surface area contributed by atoms with E-state index in [0.29, 0.717) is 17.1 Å². The monoisotopic (exact) mass is 290 g/mol. The molecule has 0 bridgehead atoms. The van der Waals surface area contributed by atoms with Crippen molar-refractivity contribution in [3.05, 3.63) is 40.0 Å². The summed E-state index contributed by atoms with van der Waals surface area (Å²) in [5, 5.41) is 1.35. The minimum absolute atomic E-state index is 0.328. The summed E-state index contributed by atoms with van der Waals surface area (Å²) in [5.41, 5.74) is 3.33. The van der Waals surface area contributed by atoms with Gasteiger partial charge < -0.3 is 9.64 Å². The first-order valence-electron chi connectivity index (χ1n) is 6.48. The highest BCUT2D eigenvalue weighted by Gasteiger charge is 2.25. The predicted molar refractivity (Wildman–Crippen MR) is 78.1 cm³/mol. The lowest BCUT2D eigenvalue weighted by Gasteiger charge is -2.26. The zero-order valence-electron chi connectivity index (χ0n) is 11.4. The van der Waals surface area contributed by atoms with Crippen LogP contribution in [0.2, 0.25) is 5.02 Å². The fraction of sp³-hybridized carbons (Fsp3) is 0.333. The molecule has 2 aromatic rings.